The molecule has 2 aromatic rings. The van der Waals surface area contributed by atoms with Gasteiger partial charge in [-0.05, 0) is 30.3 Å². The van der Waals surface area contributed by atoms with Crippen LogP contribution in [0.15, 0.2) is 41.0 Å². The highest BCUT2D eigenvalue weighted by atomic mass is 79.9. The minimum Gasteiger partial charge on any atom is -0.381 e. The van der Waals surface area contributed by atoms with E-state index < -0.39 is 5.91 Å². The lowest BCUT2D eigenvalue weighted by atomic mass is 10.2. The maximum Gasteiger partial charge on any atom is 0.267 e. The van der Waals surface area contributed by atoms with E-state index in [1.54, 1.807) is 18.2 Å². The van der Waals surface area contributed by atoms with Crippen molar-refractivity contribution in [2.45, 2.75) is 6.54 Å². The number of carbonyl (C=O) groups excluding carboxylic acids is 1. The maximum absolute atomic E-state index is 13.5. The Labute approximate surface area is 118 Å². The number of nitrogens with zero attached hydrogens (tertiary/aromatic N) is 1. The van der Waals surface area contributed by atoms with Crippen LogP contribution in [0.4, 0.5) is 10.1 Å². The van der Waals surface area contributed by atoms with Gasteiger partial charge in [0.1, 0.15) is 11.5 Å². The first-order valence-corrected chi connectivity index (χ1v) is 6.29. The van der Waals surface area contributed by atoms with Crippen LogP contribution in [0.25, 0.3) is 0 Å². The minimum atomic E-state index is -0.600. The van der Waals surface area contributed by atoms with Gasteiger partial charge in [-0.3, -0.25) is 9.78 Å². The van der Waals surface area contributed by atoms with Gasteiger partial charge in [-0.25, -0.2) is 4.39 Å². The molecule has 1 aromatic heterocycles. The Kier molecular flexibility index (Phi) is 4.11. The minimum absolute atomic E-state index is 0.166. The van der Waals surface area contributed by atoms with Gasteiger partial charge in [-0.1, -0.05) is 15.9 Å². The Morgan fingerprint density at radius 1 is 1.37 bits per heavy atom. The van der Waals surface area contributed by atoms with E-state index in [2.05, 4.69) is 26.2 Å². The number of hydrogen-bond donors (Lipinski definition) is 2. The lowest BCUT2D eigenvalue weighted by Crippen LogP contribution is -2.13. The molecule has 0 atom stereocenters. The lowest BCUT2D eigenvalue weighted by Gasteiger charge is -2.08. The molecule has 3 N–H and O–H groups in total. The van der Waals surface area contributed by atoms with Crippen molar-refractivity contribution in [2.24, 2.45) is 5.73 Å². The van der Waals surface area contributed by atoms with Gasteiger partial charge in [0.25, 0.3) is 5.91 Å². The van der Waals surface area contributed by atoms with E-state index in [-0.39, 0.29) is 11.5 Å². The summed E-state index contributed by atoms with van der Waals surface area (Å²) in [6.45, 7) is 0.299. The van der Waals surface area contributed by atoms with E-state index in [1.165, 1.54) is 18.3 Å². The van der Waals surface area contributed by atoms with Crippen molar-refractivity contribution in [3.63, 3.8) is 0 Å². The van der Waals surface area contributed by atoms with Crippen LogP contribution in [-0.2, 0) is 6.54 Å². The molecule has 6 heteroatoms. The fourth-order valence-electron chi connectivity index (χ4n) is 1.55. The van der Waals surface area contributed by atoms with Gasteiger partial charge < -0.3 is 11.1 Å². The number of nitrogens with two attached hydrogens (primary N) is 1. The van der Waals surface area contributed by atoms with E-state index >= 15 is 0 Å². The maximum atomic E-state index is 13.5. The topological polar surface area (TPSA) is 68.0 Å². The molecule has 19 heavy (non-hydrogen) atoms. The molecule has 98 valence electrons. The van der Waals surface area contributed by atoms with Crippen LogP contribution in [0.3, 0.4) is 0 Å². The molecule has 0 radical (unpaired) electrons. The smallest absolute Gasteiger partial charge is 0.267 e. The largest absolute Gasteiger partial charge is 0.381 e. The van der Waals surface area contributed by atoms with Crippen molar-refractivity contribution < 1.29 is 9.18 Å². The number of nitrogens with one attached hydrogen (secondary N) is 1. The number of aromatic nitrogens is 1. The number of primary amides is 1. The third-order valence-electron chi connectivity index (χ3n) is 2.50. The Balaban J connectivity index is 2.12. The highest BCUT2D eigenvalue weighted by molar-refractivity contribution is 9.10. The second-order valence-corrected chi connectivity index (χ2v) is 4.80. The number of benzene rings is 1. The first-order chi connectivity index (χ1) is 9.06. The zero-order valence-electron chi connectivity index (χ0n) is 9.86. The van der Waals surface area contributed by atoms with Crippen molar-refractivity contribution in [1.82, 2.24) is 4.98 Å². The summed E-state index contributed by atoms with van der Waals surface area (Å²) in [7, 11) is 0. The molecule has 4 nitrogen and oxygen atoms in total. The summed E-state index contributed by atoms with van der Waals surface area (Å²) in [4.78, 5) is 14.8. The number of hydrogen-bond acceptors (Lipinski definition) is 3. The number of halogens is 2. The monoisotopic (exact) mass is 323 g/mol. The zero-order valence-corrected chi connectivity index (χ0v) is 11.4. The molecule has 0 aliphatic heterocycles. The fraction of sp³-hybridized carbons (Fsp3) is 0.0769. The van der Waals surface area contributed by atoms with Crippen LogP contribution in [-0.4, -0.2) is 10.9 Å². The predicted octanol–water partition coefficient (Wildman–Crippen LogP) is 2.69. The molecule has 1 heterocycles. The quantitative estimate of drug-likeness (QED) is 0.909. The molecule has 0 saturated heterocycles. The predicted molar refractivity (Wildman–Crippen MR) is 74.2 cm³/mol. The van der Waals surface area contributed by atoms with Gasteiger partial charge in [0.05, 0.1) is 0 Å². The van der Waals surface area contributed by atoms with E-state index in [1.807, 2.05) is 0 Å². The van der Waals surface area contributed by atoms with Crippen LogP contribution in [0.5, 0.6) is 0 Å². The highest BCUT2D eigenvalue weighted by Gasteiger charge is 2.05. The third kappa shape index (κ3) is 3.51. The summed E-state index contributed by atoms with van der Waals surface area (Å²) in [6.07, 6.45) is 1.47. The summed E-state index contributed by atoms with van der Waals surface area (Å²) in [5.41, 5.74) is 6.48. The van der Waals surface area contributed by atoms with Crippen molar-refractivity contribution in [1.29, 1.82) is 0 Å². The normalized spacial score (nSPS) is 10.2. The molecule has 1 amide bonds. The van der Waals surface area contributed by atoms with Gasteiger partial charge in [-0.15, -0.1) is 0 Å². The molecule has 0 spiro atoms. The van der Waals surface area contributed by atoms with E-state index in [0.717, 1.165) is 4.47 Å². The van der Waals surface area contributed by atoms with Crippen molar-refractivity contribution in [3.05, 3.63) is 58.1 Å². The Morgan fingerprint density at radius 2 is 2.16 bits per heavy atom. The third-order valence-corrected chi connectivity index (χ3v) is 3.00. The van der Waals surface area contributed by atoms with Gasteiger partial charge in [0.15, 0.2) is 0 Å². The van der Waals surface area contributed by atoms with E-state index in [9.17, 15) is 9.18 Å². The molecular formula is C13H11BrFN3O. The second kappa shape index (κ2) is 5.79. The van der Waals surface area contributed by atoms with Crippen LogP contribution in [0.2, 0.25) is 0 Å². The van der Waals surface area contributed by atoms with Gasteiger partial charge in [0, 0.05) is 28.5 Å². The van der Waals surface area contributed by atoms with Crippen LogP contribution >= 0.6 is 15.9 Å². The molecule has 0 aliphatic rings. The van der Waals surface area contributed by atoms with Gasteiger partial charge in [0.2, 0.25) is 0 Å². The molecule has 0 saturated carbocycles. The number of rotatable bonds is 4. The highest BCUT2D eigenvalue weighted by Crippen LogP contribution is 2.17. The average Bonchev–Trinajstić information content (AvgIpc) is 2.40. The SMILES string of the molecule is NC(=O)c1cc(NCc2cc(Br)ccc2F)ccn1. The second-order valence-electron chi connectivity index (χ2n) is 3.88. The van der Waals surface area contributed by atoms with Gasteiger partial charge >= 0.3 is 0 Å². The molecule has 2 rings (SSSR count). The van der Waals surface area contributed by atoms with Crippen molar-refractivity contribution >= 4 is 27.5 Å². The van der Waals surface area contributed by atoms with Crippen LogP contribution in [0.1, 0.15) is 16.1 Å². The standard InChI is InChI=1S/C13H11BrFN3O/c14-9-1-2-11(15)8(5-9)7-18-10-3-4-17-12(6-10)13(16)19/h1-6H,7H2,(H2,16,19)(H,17,18). The van der Waals surface area contributed by atoms with E-state index in [4.69, 9.17) is 5.73 Å². The van der Waals surface area contributed by atoms with Gasteiger partial charge in [-0.2, -0.15) is 0 Å². The lowest BCUT2D eigenvalue weighted by molar-refractivity contribution is 0.0995. The summed E-state index contributed by atoms with van der Waals surface area (Å²) in [5.74, 6) is -0.892. The first-order valence-electron chi connectivity index (χ1n) is 5.50. The first kappa shape index (κ1) is 13.5. The molecule has 1 aromatic carbocycles. The zero-order chi connectivity index (χ0) is 13.8. The average molecular weight is 324 g/mol. The number of carbonyl (C=O) groups is 1. The Morgan fingerprint density at radius 3 is 2.89 bits per heavy atom. The molecule has 0 aliphatic carbocycles. The number of amides is 1. The van der Waals surface area contributed by atoms with E-state index in [0.29, 0.717) is 17.8 Å². The summed E-state index contributed by atoms with van der Waals surface area (Å²) < 4.78 is 14.3. The number of pyridine rings is 1. The summed E-state index contributed by atoms with van der Waals surface area (Å²) >= 11 is 3.29. The Hall–Kier alpha value is -1.95. The Bertz CT molecular complexity index is 619. The molecule has 0 unspecified atom stereocenters. The number of anilines is 1. The molecule has 0 fully saturated rings. The summed E-state index contributed by atoms with van der Waals surface area (Å²) in [5, 5.41) is 3.02. The fourth-order valence-corrected chi connectivity index (χ4v) is 1.96. The van der Waals surface area contributed by atoms with Crippen molar-refractivity contribution in [3.8, 4) is 0 Å². The van der Waals surface area contributed by atoms with Crippen LogP contribution < -0.4 is 11.1 Å². The van der Waals surface area contributed by atoms with Crippen LogP contribution in [0, 0.1) is 5.82 Å². The summed E-state index contributed by atoms with van der Waals surface area (Å²) in [6, 6.07) is 7.93. The molecular weight excluding hydrogens is 313 g/mol. The molecule has 0 bridgehead atoms. The van der Waals surface area contributed by atoms with Crippen molar-refractivity contribution in [2.75, 3.05) is 5.32 Å².